The fourth-order valence-corrected chi connectivity index (χ4v) is 2.67. The van der Waals surface area contributed by atoms with Crippen LogP contribution in [-0.4, -0.2) is 39.2 Å². The first kappa shape index (κ1) is 18.1. The lowest BCUT2D eigenvalue weighted by Crippen LogP contribution is -2.32. The molecule has 0 N–H and O–H groups in total. The van der Waals surface area contributed by atoms with Crippen molar-refractivity contribution in [2.75, 3.05) is 13.7 Å². The van der Waals surface area contributed by atoms with E-state index in [1.54, 1.807) is 28.2 Å². The number of carbonyl (C=O) groups excluding carboxylic acids is 1. The molecule has 7 heteroatoms. The third-order valence-corrected chi connectivity index (χ3v) is 4.00. The zero-order chi connectivity index (χ0) is 19.1. The lowest BCUT2D eigenvalue weighted by Gasteiger charge is -2.21. The molecule has 2 aromatic heterocycles. The highest BCUT2D eigenvalue weighted by Gasteiger charge is 2.24. The summed E-state index contributed by atoms with van der Waals surface area (Å²) in [6, 6.07) is 15.3. The average molecular weight is 361 g/mol. The molecule has 0 saturated carbocycles. The predicted molar refractivity (Wildman–Crippen MR) is 99.3 cm³/mol. The van der Waals surface area contributed by atoms with Crippen molar-refractivity contribution < 1.29 is 9.53 Å². The largest absolute Gasteiger partial charge is 0.493 e. The molecule has 1 aromatic carbocycles. The first-order valence-corrected chi connectivity index (χ1v) is 8.47. The molecule has 0 saturated heterocycles. The maximum atomic E-state index is 13.1. The van der Waals surface area contributed by atoms with Crippen LogP contribution in [0.4, 0.5) is 0 Å². The Morgan fingerprint density at radius 2 is 2.07 bits per heavy atom. The summed E-state index contributed by atoms with van der Waals surface area (Å²) in [6.45, 7) is 0.640. The highest BCUT2D eigenvalue weighted by Crippen LogP contribution is 2.22. The van der Waals surface area contributed by atoms with Gasteiger partial charge in [-0.1, -0.05) is 24.3 Å². The van der Waals surface area contributed by atoms with Crippen LogP contribution in [0.5, 0.6) is 5.75 Å². The average Bonchev–Trinajstić information content (AvgIpc) is 3.16. The van der Waals surface area contributed by atoms with Crippen LogP contribution in [0.3, 0.4) is 0 Å². The number of methoxy groups -OCH3 is 1. The molecular weight excluding hydrogens is 342 g/mol. The van der Waals surface area contributed by atoms with Crippen molar-refractivity contribution in [3.05, 3.63) is 72.3 Å². The standard InChI is InChI=1S/C20H19N5O2/c1-27-18-15-25(17-8-3-2-4-9-17)23-19(18)20(26)24(12-6-10-21)14-16-7-5-11-22-13-16/h2-5,7-9,11,13,15H,6,12,14H2,1H3. The van der Waals surface area contributed by atoms with Crippen molar-refractivity contribution in [2.24, 2.45) is 0 Å². The molecule has 0 unspecified atom stereocenters. The summed E-state index contributed by atoms with van der Waals surface area (Å²) < 4.78 is 6.98. The molecule has 0 atom stereocenters. The number of pyridine rings is 1. The molecule has 1 amide bonds. The van der Waals surface area contributed by atoms with Crippen molar-refractivity contribution >= 4 is 5.91 Å². The summed E-state index contributed by atoms with van der Waals surface area (Å²) in [5, 5.41) is 13.4. The fourth-order valence-electron chi connectivity index (χ4n) is 2.67. The van der Waals surface area contributed by atoms with Gasteiger partial charge < -0.3 is 9.64 Å². The number of hydrogen-bond acceptors (Lipinski definition) is 5. The monoisotopic (exact) mass is 361 g/mol. The van der Waals surface area contributed by atoms with Gasteiger partial charge in [-0.25, -0.2) is 4.68 Å². The van der Waals surface area contributed by atoms with Crippen LogP contribution >= 0.6 is 0 Å². The van der Waals surface area contributed by atoms with Gasteiger partial charge >= 0.3 is 0 Å². The van der Waals surface area contributed by atoms with Gasteiger partial charge in [-0.15, -0.1) is 0 Å². The Balaban J connectivity index is 1.90. The number of aromatic nitrogens is 3. The van der Waals surface area contributed by atoms with Crippen LogP contribution in [0.1, 0.15) is 22.5 Å². The highest BCUT2D eigenvalue weighted by molar-refractivity contribution is 5.95. The Morgan fingerprint density at radius 3 is 2.74 bits per heavy atom. The number of nitriles is 1. The van der Waals surface area contributed by atoms with Crippen molar-refractivity contribution in [1.29, 1.82) is 5.26 Å². The summed E-state index contributed by atoms with van der Waals surface area (Å²) in [7, 11) is 1.50. The number of para-hydroxylation sites is 1. The van der Waals surface area contributed by atoms with Crippen molar-refractivity contribution in [3.63, 3.8) is 0 Å². The molecule has 3 aromatic rings. The maximum Gasteiger partial charge on any atom is 0.278 e. The number of carbonyl (C=O) groups is 1. The van der Waals surface area contributed by atoms with E-state index in [2.05, 4.69) is 16.2 Å². The van der Waals surface area contributed by atoms with Gasteiger partial charge in [0.15, 0.2) is 11.4 Å². The molecule has 2 heterocycles. The van der Waals surface area contributed by atoms with E-state index < -0.39 is 0 Å². The number of nitrogens with zero attached hydrogens (tertiary/aromatic N) is 5. The minimum absolute atomic E-state index is 0.211. The number of amides is 1. The molecule has 3 rings (SSSR count). The van der Waals surface area contributed by atoms with Gasteiger partial charge in [0, 0.05) is 25.5 Å². The van der Waals surface area contributed by atoms with Crippen LogP contribution in [-0.2, 0) is 6.54 Å². The molecule has 27 heavy (non-hydrogen) atoms. The predicted octanol–water partition coefficient (Wildman–Crippen LogP) is 2.83. The Labute approximate surface area is 157 Å². The number of hydrogen-bond donors (Lipinski definition) is 0. The molecule has 0 aliphatic carbocycles. The van der Waals surface area contributed by atoms with Crippen LogP contribution in [0.2, 0.25) is 0 Å². The topological polar surface area (TPSA) is 84.0 Å². The minimum atomic E-state index is -0.291. The van der Waals surface area contributed by atoms with E-state index >= 15 is 0 Å². The molecule has 0 aliphatic heterocycles. The van der Waals surface area contributed by atoms with Crippen LogP contribution in [0, 0.1) is 11.3 Å². The summed E-state index contributed by atoms with van der Waals surface area (Å²) in [6.07, 6.45) is 5.28. The number of ether oxygens (including phenoxy) is 1. The number of rotatable bonds is 7. The molecule has 0 aliphatic rings. The van der Waals surface area contributed by atoms with Gasteiger partial charge in [0.05, 0.1) is 31.5 Å². The van der Waals surface area contributed by atoms with E-state index in [1.807, 2.05) is 42.5 Å². The Kier molecular flexibility index (Phi) is 5.80. The normalized spacial score (nSPS) is 10.2. The van der Waals surface area contributed by atoms with Crippen molar-refractivity contribution in [2.45, 2.75) is 13.0 Å². The first-order chi connectivity index (χ1) is 13.2. The van der Waals surface area contributed by atoms with E-state index in [1.165, 1.54) is 7.11 Å². The van der Waals surface area contributed by atoms with Crippen LogP contribution in [0.25, 0.3) is 5.69 Å². The Bertz CT molecular complexity index is 932. The summed E-state index contributed by atoms with van der Waals surface area (Å²) in [5.41, 5.74) is 1.92. The molecule has 0 radical (unpaired) electrons. The summed E-state index contributed by atoms with van der Waals surface area (Å²) >= 11 is 0. The zero-order valence-corrected chi connectivity index (χ0v) is 14.9. The molecular formula is C20H19N5O2. The maximum absolute atomic E-state index is 13.1. The van der Waals surface area contributed by atoms with E-state index in [0.29, 0.717) is 18.8 Å². The lowest BCUT2D eigenvalue weighted by atomic mass is 10.2. The van der Waals surface area contributed by atoms with Crippen molar-refractivity contribution in [3.8, 4) is 17.5 Å². The summed E-state index contributed by atoms with van der Waals surface area (Å²) in [4.78, 5) is 18.8. The second-order valence-electron chi connectivity index (χ2n) is 5.82. The van der Waals surface area contributed by atoms with Gasteiger partial charge in [0.2, 0.25) is 0 Å². The van der Waals surface area contributed by atoms with Crippen LogP contribution < -0.4 is 4.74 Å². The smallest absolute Gasteiger partial charge is 0.278 e. The molecule has 0 bridgehead atoms. The van der Waals surface area contributed by atoms with Gasteiger partial charge in [-0.3, -0.25) is 9.78 Å². The Hall–Kier alpha value is -3.66. The number of benzene rings is 1. The molecule has 0 fully saturated rings. The van der Waals surface area contributed by atoms with Gasteiger partial charge in [0.1, 0.15) is 0 Å². The fraction of sp³-hybridized carbons (Fsp3) is 0.200. The van der Waals surface area contributed by atoms with Gasteiger partial charge in [0.25, 0.3) is 5.91 Å². The second kappa shape index (κ2) is 8.63. The Morgan fingerprint density at radius 1 is 1.26 bits per heavy atom. The SMILES string of the molecule is COc1cn(-c2ccccc2)nc1C(=O)N(CCC#N)Cc1cccnc1. The van der Waals surface area contributed by atoms with Crippen molar-refractivity contribution in [1.82, 2.24) is 19.7 Å². The van der Waals surface area contributed by atoms with E-state index in [9.17, 15) is 4.79 Å². The molecule has 0 spiro atoms. The van der Waals surface area contributed by atoms with E-state index in [-0.39, 0.29) is 18.0 Å². The molecule has 136 valence electrons. The summed E-state index contributed by atoms with van der Waals surface area (Å²) in [5.74, 6) is 0.0950. The van der Waals surface area contributed by atoms with Gasteiger partial charge in [-0.2, -0.15) is 10.4 Å². The third kappa shape index (κ3) is 4.30. The zero-order valence-electron chi connectivity index (χ0n) is 14.9. The van der Waals surface area contributed by atoms with E-state index in [0.717, 1.165) is 11.3 Å². The minimum Gasteiger partial charge on any atom is -0.493 e. The second-order valence-corrected chi connectivity index (χ2v) is 5.82. The lowest BCUT2D eigenvalue weighted by molar-refractivity contribution is 0.0737. The first-order valence-electron chi connectivity index (χ1n) is 8.47. The van der Waals surface area contributed by atoms with E-state index in [4.69, 9.17) is 10.00 Å². The van der Waals surface area contributed by atoms with Gasteiger partial charge in [-0.05, 0) is 23.8 Å². The highest BCUT2D eigenvalue weighted by atomic mass is 16.5. The van der Waals surface area contributed by atoms with Crippen LogP contribution in [0.15, 0.2) is 61.1 Å². The molecule has 7 nitrogen and oxygen atoms in total. The third-order valence-electron chi connectivity index (χ3n) is 4.00. The quantitative estimate of drug-likeness (QED) is 0.646.